The van der Waals surface area contributed by atoms with Crippen LogP contribution in [0.5, 0.6) is 0 Å². The molecule has 0 atom stereocenters. The molecule has 0 saturated heterocycles. The van der Waals surface area contributed by atoms with Crippen molar-refractivity contribution in [1.29, 1.82) is 0 Å². The maximum absolute atomic E-state index is 9.71. The summed E-state index contributed by atoms with van der Waals surface area (Å²) in [6.45, 7) is 7.40. The zero-order valence-electron chi connectivity index (χ0n) is 10.8. The van der Waals surface area contributed by atoms with Gasteiger partial charge in [0.2, 0.25) is 0 Å². The number of aliphatic hydroxyl groups is 1. The van der Waals surface area contributed by atoms with E-state index in [-0.39, 0.29) is 0 Å². The zero-order chi connectivity index (χ0) is 12.2. The van der Waals surface area contributed by atoms with Crippen LogP contribution in [0.1, 0.15) is 31.9 Å². The maximum atomic E-state index is 9.71. The third kappa shape index (κ3) is 4.77. The minimum Gasteiger partial charge on any atom is -0.389 e. The molecule has 1 aromatic rings. The predicted molar refractivity (Wildman–Crippen MR) is 68.5 cm³/mol. The number of nitrogens with zero attached hydrogens (tertiary/aromatic N) is 1. The third-order valence-electron chi connectivity index (χ3n) is 2.54. The van der Waals surface area contributed by atoms with Crippen LogP contribution in [0.15, 0.2) is 24.3 Å². The number of likely N-dealkylation sites (N-methyl/N-ethyl adjacent to an activating group) is 1. The van der Waals surface area contributed by atoms with Crippen LogP contribution in [0, 0.1) is 0 Å². The summed E-state index contributed by atoms with van der Waals surface area (Å²) in [5.41, 5.74) is 2.04. The molecule has 0 heterocycles. The maximum Gasteiger partial charge on any atom is 0.0718 e. The van der Waals surface area contributed by atoms with E-state index >= 15 is 0 Å². The van der Waals surface area contributed by atoms with Gasteiger partial charge in [-0.1, -0.05) is 31.2 Å². The van der Waals surface area contributed by atoms with E-state index in [4.69, 9.17) is 0 Å². The zero-order valence-corrected chi connectivity index (χ0v) is 10.8. The highest BCUT2D eigenvalue weighted by Gasteiger charge is 2.15. The van der Waals surface area contributed by atoms with E-state index in [1.807, 2.05) is 20.9 Å². The molecule has 16 heavy (non-hydrogen) atoms. The van der Waals surface area contributed by atoms with Gasteiger partial charge in [0.25, 0.3) is 0 Å². The molecule has 1 rings (SSSR count). The Kier molecular flexibility index (Phi) is 4.51. The molecule has 0 aliphatic heterocycles. The molecule has 0 unspecified atom stereocenters. The Labute approximate surface area is 98.9 Å². The molecule has 0 spiro atoms. The van der Waals surface area contributed by atoms with Gasteiger partial charge < -0.3 is 5.11 Å². The van der Waals surface area contributed by atoms with Crippen LogP contribution in [-0.4, -0.2) is 29.2 Å². The van der Waals surface area contributed by atoms with Gasteiger partial charge >= 0.3 is 0 Å². The van der Waals surface area contributed by atoms with Crippen LogP contribution in [0.2, 0.25) is 0 Å². The van der Waals surface area contributed by atoms with Crippen molar-refractivity contribution < 1.29 is 5.11 Å². The molecule has 0 aromatic heterocycles. The lowest BCUT2D eigenvalue weighted by molar-refractivity contribution is 0.0425. The molecular formula is C14H23NO. The van der Waals surface area contributed by atoms with E-state index in [0.717, 1.165) is 13.0 Å². The van der Waals surface area contributed by atoms with E-state index in [1.165, 1.54) is 11.1 Å². The first-order valence-electron chi connectivity index (χ1n) is 5.89. The van der Waals surface area contributed by atoms with Crippen molar-refractivity contribution in [3.8, 4) is 0 Å². The van der Waals surface area contributed by atoms with Gasteiger partial charge in [-0.05, 0) is 38.4 Å². The Balaban J connectivity index is 2.53. The number of hydrogen-bond donors (Lipinski definition) is 1. The van der Waals surface area contributed by atoms with Crippen LogP contribution in [0.3, 0.4) is 0 Å². The molecule has 0 bridgehead atoms. The quantitative estimate of drug-likeness (QED) is 0.825. The van der Waals surface area contributed by atoms with Gasteiger partial charge in [0.15, 0.2) is 0 Å². The summed E-state index contributed by atoms with van der Waals surface area (Å²) in [5, 5.41) is 9.71. The van der Waals surface area contributed by atoms with E-state index in [0.29, 0.717) is 6.54 Å². The Hall–Kier alpha value is -0.860. The fourth-order valence-corrected chi connectivity index (χ4v) is 1.91. The first-order valence-corrected chi connectivity index (χ1v) is 5.89. The lowest BCUT2D eigenvalue weighted by Gasteiger charge is -2.25. The van der Waals surface area contributed by atoms with Gasteiger partial charge in [-0.2, -0.15) is 0 Å². The number of hydrogen-bond acceptors (Lipinski definition) is 2. The van der Waals surface area contributed by atoms with E-state index < -0.39 is 5.60 Å². The second-order valence-corrected chi connectivity index (χ2v) is 5.15. The SMILES string of the molecule is CCc1ccc(CN(C)CC(C)(C)O)cc1. The highest BCUT2D eigenvalue weighted by molar-refractivity contribution is 5.22. The van der Waals surface area contributed by atoms with Crippen molar-refractivity contribution in [2.45, 2.75) is 39.3 Å². The molecule has 90 valence electrons. The molecule has 2 nitrogen and oxygen atoms in total. The highest BCUT2D eigenvalue weighted by Crippen LogP contribution is 2.10. The summed E-state index contributed by atoms with van der Waals surface area (Å²) in [6.07, 6.45) is 1.08. The Morgan fingerprint density at radius 1 is 1.12 bits per heavy atom. The number of aryl methyl sites for hydroxylation is 1. The Morgan fingerprint density at radius 3 is 2.06 bits per heavy atom. The number of rotatable bonds is 5. The van der Waals surface area contributed by atoms with Crippen molar-refractivity contribution in [3.05, 3.63) is 35.4 Å². The first-order chi connectivity index (χ1) is 7.40. The van der Waals surface area contributed by atoms with Gasteiger partial charge in [0.1, 0.15) is 0 Å². The van der Waals surface area contributed by atoms with Gasteiger partial charge in [0, 0.05) is 13.1 Å². The molecule has 0 saturated carbocycles. The number of benzene rings is 1. The Bertz CT molecular complexity index is 311. The van der Waals surface area contributed by atoms with Crippen LogP contribution in [0.4, 0.5) is 0 Å². The molecular weight excluding hydrogens is 198 g/mol. The molecule has 1 aromatic carbocycles. The fraction of sp³-hybridized carbons (Fsp3) is 0.571. The molecule has 0 fully saturated rings. The largest absolute Gasteiger partial charge is 0.389 e. The fourth-order valence-electron chi connectivity index (χ4n) is 1.91. The topological polar surface area (TPSA) is 23.5 Å². The van der Waals surface area contributed by atoms with Crippen molar-refractivity contribution in [2.24, 2.45) is 0 Å². The van der Waals surface area contributed by atoms with Gasteiger partial charge in [-0.3, -0.25) is 4.90 Å². The van der Waals surface area contributed by atoms with E-state index in [9.17, 15) is 5.11 Å². The van der Waals surface area contributed by atoms with Crippen LogP contribution in [0.25, 0.3) is 0 Å². The van der Waals surface area contributed by atoms with E-state index in [2.05, 4.69) is 36.1 Å². The smallest absolute Gasteiger partial charge is 0.0718 e. The molecule has 0 radical (unpaired) electrons. The summed E-state index contributed by atoms with van der Waals surface area (Å²) < 4.78 is 0. The second-order valence-electron chi connectivity index (χ2n) is 5.15. The lowest BCUT2D eigenvalue weighted by Crippen LogP contribution is -2.35. The van der Waals surface area contributed by atoms with E-state index in [1.54, 1.807) is 0 Å². The van der Waals surface area contributed by atoms with Crippen molar-refractivity contribution in [2.75, 3.05) is 13.6 Å². The summed E-state index contributed by atoms with van der Waals surface area (Å²) in [6, 6.07) is 8.68. The van der Waals surface area contributed by atoms with Gasteiger partial charge in [-0.15, -0.1) is 0 Å². The monoisotopic (exact) mass is 221 g/mol. The molecule has 0 aliphatic rings. The molecule has 2 heteroatoms. The highest BCUT2D eigenvalue weighted by atomic mass is 16.3. The first kappa shape index (κ1) is 13.2. The van der Waals surface area contributed by atoms with Crippen molar-refractivity contribution in [1.82, 2.24) is 4.90 Å². The average molecular weight is 221 g/mol. The minimum atomic E-state index is -0.627. The van der Waals surface area contributed by atoms with Crippen molar-refractivity contribution >= 4 is 0 Å². The molecule has 0 aliphatic carbocycles. The third-order valence-corrected chi connectivity index (χ3v) is 2.54. The van der Waals surface area contributed by atoms with Crippen molar-refractivity contribution in [3.63, 3.8) is 0 Å². The molecule has 0 amide bonds. The average Bonchev–Trinajstić information content (AvgIpc) is 2.16. The minimum absolute atomic E-state index is 0.627. The van der Waals surface area contributed by atoms with Gasteiger partial charge in [-0.25, -0.2) is 0 Å². The van der Waals surface area contributed by atoms with Gasteiger partial charge in [0.05, 0.1) is 5.60 Å². The van der Waals surface area contributed by atoms with Crippen LogP contribution >= 0.6 is 0 Å². The Morgan fingerprint density at radius 2 is 1.62 bits per heavy atom. The molecule has 1 N–H and O–H groups in total. The standard InChI is InChI=1S/C14H23NO/c1-5-12-6-8-13(9-7-12)10-15(4)11-14(2,3)16/h6-9,16H,5,10-11H2,1-4H3. The summed E-state index contributed by atoms with van der Waals surface area (Å²) in [7, 11) is 2.03. The normalized spacial score (nSPS) is 12.1. The summed E-state index contributed by atoms with van der Waals surface area (Å²) in [4.78, 5) is 2.14. The summed E-state index contributed by atoms with van der Waals surface area (Å²) >= 11 is 0. The second kappa shape index (κ2) is 5.46. The predicted octanol–water partition coefficient (Wildman–Crippen LogP) is 2.45. The van der Waals surface area contributed by atoms with Crippen LogP contribution < -0.4 is 0 Å². The summed E-state index contributed by atoms with van der Waals surface area (Å²) in [5.74, 6) is 0. The lowest BCUT2D eigenvalue weighted by atomic mass is 10.1. The van der Waals surface area contributed by atoms with Crippen LogP contribution in [-0.2, 0) is 13.0 Å².